The van der Waals surface area contributed by atoms with Crippen molar-refractivity contribution in [3.63, 3.8) is 0 Å². The van der Waals surface area contributed by atoms with Crippen LogP contribution in [0.4, 0.5) is 0 Å². The van der Waals surface area contributed by atoms with Gasteiger partial charge in [-0.3, -0.25) is 4.79 Å². The molecule has 0 fully saturated rings. The summed E-state index contributed by atoms with van der Waals surface area (Å²) in [5, 5.41) is 7.42. The molecule has 36 valence electrons. The van der Waals surface area contributed by atoms with E-state index < -0.39 is 5.97 Å². The van der Waals surface area contributed by atoms with Crippen molar-refractivity contribution < 1.29 is 327 Å². The van der Waals surface area contributed by atoms with E-state index in [2.05, 4.69) is 0 Å². The van der Waals surface area contributed by atoms with Crippen LogP contribution in [0.1, 0.15) is 15.5 Å². The van der Waals surface area contributed by atoms with Gasteiger partial charge in [-0.05, 0) is 0 Å². The second-order valence-electron chi connectivity index (χ2n) is 0.519. The summed E-state index contributed by atoms with van der Waals surface area (Å²) in [5.74, 6) is -0.833. The molecule has 0 bridgehead atoms. The first-order valence-corrected chi connectivity index (χ1v) is 0.928. The van der Waals surface area contributed by atoms with Gasteiger partial charge in [-0.1, -0.05) is 0 Å². The van der Waals surface area contributed by atoms with E-state index in [9.17, 15) is 0 Å². The fourth-order valence-corrected chi connectivity index (χ4v) is 0. The summed E-state index contributed by atoms with van der Waals surface area (Å²) in [6, 6.07) is 0. The molecule has 0 rings (SSSR count). The van der Waals surface area contributed by atoms with E-state index in [-0.39, 0.29) is 317 Å². The summed E-state index contributed by atoms with van der Waals surface area (Å²) in [6.07, 6.45) is 0. The maximum Gasteiger partial charge on any atom is 1.00 e. The Balaban J connectivity index is -0.000000000682. The van der Waals surface area contributed by atoms with Crippen molar-refractivity contribution in [1.29, 1.82) is 0 Å². The molecule has 1 N–H and O–H groups in total. The van der Waals surface area contributed by atoms with Crippen LogP contribution in [0.3, 0.4) is 0 Å². The Hall–Kier alpha value is 9.29. The number of hydrogen-bond acceptors (Lipinski definition) is 1. The van der Waals surface area contributed by atoms with Gasteiger partial charge in [0.15, 0.2) is 0 Å². The third kappa shape index (κ3) is 53.2. The monoisotopic (exact) mass is 300 g/mol. The van der Waals surface area contributed by atoms with Crippen LogP contribution in [0.2, 0.25) is 0 Å². The zero-order chi connectivity index (χ0) is 3.58. The van der Waals surface area contributed by atoms with Crippen molar-refractivity contribution >= 4 is 5.97 Å². The molecule has 2 nitrogen and oxygen atoms in total. The molecular formula is C2H10K6O2. The van der Waals surface area contributed by atoms with E-state index in [1.165, 1.54) is 0 Å². The zero-order valence-electron chi connectivity index (χ0n) is 14.4. The van der Waals surface area contributed by atoms with Gasteiger partial charge in [0.2, 0.25) is 0 Å². The van der Waals surface area contributed by atoms with Gasteiger partial charge in [0.25, 0.3) is 5.97 Å². The van der Waals surface area contributed by atoms with Gasteiger partial charge in [-0.25, -0.2) is 0 Å². The summed E-state index contributed by atoms with van der Waals surface area (Å²) in [4.78, 5) is 9.00. The van der Waals surface area contributed by atoms with E-state index in [4.69, 9.17) is 9.90 Å². The predicted octanol–water partition coefficient (Wildman–Crippen LogP) is -17.2. The molecule has 0 aromatic heterocycles. The Kier molecular flexibility index (Phi) is 155. The largest absolute Gasteiger partial charge is 1.00 e. The Morgan fingerprint density at radius 2 is 1.00 bits per heavy atom. The molecule has 0 aromatic rings. The summed E-state index contributed by atoms with van der Waals surface area (Å²) in [7, 11) is 0. The zero-order valence-corrected chi connectivity index (χ0v) is 27.1. The number of hydrogen-bond donors (Lipinski definition) is 1. The van der Waals surface area contributed by atoms with E-state index in [0.717, 1.165) is 6.92 Å². The molecule has 0 unspecified atom stereocenters. The van der Waals surface area contributed by atoms with Crippen molar-refractivity contribution in [2.24, 2.45) is 0 Å². The minimum absolute atomic E-state index is 0. The van der Waals surface area contributed by atoms with Gasteiger partial charge in [0.05, 0.1) is 0 Å². The molecule has 0 aliphatic heterocycles. The molecule has 10 heavy (non-hydrogen) atoms. The molecule has 0 heterocycles. The van der Waals surface area contributed by atoms with Gasteiger partial charge in [-0.2, -0.15) is 0 Å². The molecule has 0 radical (unpaired) electrons. The summed E-state index contributed by atoms with van der Waals surface area (Å²) >= 11 is 0. The van der Waals surface area contributed by atoms with E-state index in [0.29, 0.717) is 0 Å². The molecule has 0 aliphatic carbocycles. The maximum atomic E-state index is 9.00. The number of carboxylic acids is 1. The van der Waals surface area contributed by atoms with Crippen molar-refractivity contribution in [1.82, 2.24) is 0 Å². The second kappa shape index (κ2) is 36.2. The average molecular weight is 301 g/mol. The SMILES string of the molecule is CC(=O)O.[H-].[H-].[H-].[H-].[H-].[H-].[K+].[K+].[K+].[K+].[K+].[K+]. The third-order valence-corrected chi connectivity index (χ3v) is 0. The topological polar surface area (TPSA) is 37.3 Å². The third-order valence-electron chi connectivity index (χ3n) is 0. The molecule has 0 amide bonds. The molecule has 0 spiro atoms. The van der Waals surface area contributed by atoms with Gasteiger partial charge in [-0.15, -0.1) is 0 Å². The molecule has 0 saturated heterocycles. The van der Waals surface area contributed by atoms with Crippen LogP contribution in [0.15, 0.2) is 0 Å². The van der Waals surface area contributed by atoms with Crippen molar-refractivity contribution in [3.8, 4) is 0 Å². The fraction of sp³-hybridized carbons (Fsp3) is 0.500. The summed E-state index contributed by atoms with van der Waals surface area (Å²) in [6.45, 7) is 1.08. The van der Waals surface area contributed by atoms with Crippen LogP contribution in [-0.2, 0) is 4.79 Å². The smallest absolute Gasteiger partial charge is 1.00 e. The first-order valence-electron chi connectivity index (χ1n) is 0.928. The molecule has 0 aliphatic rings. The van der Waals surface area contributed by atoms with Crippen LogP contribution in [0.5, 0.6) is 0 Å². The minimum Gasteiger partial charge on any atom is -1.00 e. The molecule has 0 aromatic carbocycles. The van der Waals surface area contributed by atoms with Gasteiger partial charge >= 0.3 is 308 Å². The van der Waals surface area contributed by atoms with Crippen molar-refractivity contribution in [3.05, 3.63) is 0 Å². The van der Waals surface area contributed by atoms with Crippen molar-refractivity contribution in [2.45, 2.75) is 6.92 Å². The Morgan fingerprint density at radius 3 is 1.00 bits per heavy atom. The predicted molar refractivity (Wildman–Crippen MR) is 20.0 cm³/mol. The maximum absolute atomic E-state index is 9.00. The molecule has 0 atom stereocenters. The van der Waals surface area contributed by atoms with Crippen LogP contribution in [-0.4, -0.2) is 11.1 Å². The standard InChI is InChI=1S/C2H4O2.6K.6H/c1-2(3)4;;;;;;;;;;;;/h1H3,(H,3,4);;;;;;;;;;;;/q;6*+1;6*-1. The fourth-order valence-electron chi connectivity index (χ4n) is 0. The van der Waals surface area contributed by atoms with Crippen molar-refractivity contribution in [2.75, 3.05) is 0 Å². The number of carboxylic acid groups (broad SMARTS) is 1. The van der Waals surface area contributed by atoms with Gasteiger partial charge in [0, 0.05) is 6.92 Å². The summed E-state index contributed by atoms with van der Waals surface area (Å²) < 4.78 is 0. The molecule has 8 heteroatoms. The Labute approximate surface area is 327 Å². The normalized spacial score (nSPS) is 2.50. The minimum atomic E-state index is -0.833. The quantitative estimate of drug-likeness (QED) is 0.451. The van der Waals surface area contributed by atoms with Gasteiger partial charge < -0.3 is 13.7 Å². The van der Waals surface area contributed by atoms with Gasteiger partial charge in [0.1, 0.15) is 0 Å². The molecular weight excluding hydrogens is 291 g/mol. The molecule has 0 saturated carbocycles. The second-order valence-corrected chi connectivity index (χ2v) is 0.519. The van der Waals surface area contributed by atoms with Crippen LogP contribution in [0.25, 0.3) is 0 Å². The number of rotatable bonds is 0. The van der Waals surface area contributed by atoms with Crippen LogP contribution in [0, 0.1) is 0 Å². The summed E-state index contributed by atoms with van der Waals surface area (Å²) in [5.41, 5.74) is 0. The Bertz CT molecular complexity index is 52.0. The van der Waals surface area contributed by atoms with E-state index in [1.807, 2.05) is 0 Å². The van der Waals surface area contributed by atoms with E-state index in [1.54, 1.807) is 0 Å². The Morgan fingerprint density at radius 1 is 1.00 bits per heavy atom. The first kappa shape index (κ1) is 42.7. The van der Waals surface area contributed by atoms with Crippen LogP contribution < -0.4 is 308 Å². The first-order chi connectivity index (χ1) is 1.73. The van der Waals surface area contributed by atoms with Crippen LogP contribution >= 0.6 is 0 Å². The number of carbonyl (C=O) groups is 1. The van der Waals surface area contributed by atoms with E-state index >= 15 is 0 Å². The number of aliphatic carboxylic acids is 1. The average Bonchev–Trinajstić information content (AvgIpc) is 0.811.